The van der Waals surface area contributed by atoms with Crippen molar-refractivity contribution in [2.24, 2.45) is 17.8 Å². The van der Waals surface area contributed by atoms with Crippen LogP contribution in [-0.4, -0.2) is 52.6 Å². The van der Waals surface area contributed by atoms with E-state index < -0.39 is 5.82 Å². The summed E-state index contributed by atoms with van der Waals surface area (Å²) in [6, 6.07) is 6.03. The minimum atomic E-state index is -0.399. The van der Waals surface area contributed by atoms with E-state index in [1.165, 1.54) is 75.7 Å². The third-order valence-electron chi connectivity index (χ3n) is 10.9. The number of hydrogen-bond donors (Lipinski definition) is 0. The van der Waals surface area contributed by atoms with Gasteiger partial charge in [-0.25, -0.2) is 14.4 Å². The number of aromatic nitrogens is 3. The Morgan fingerprint density at radius 2 is 1.82 bits per heavy atom. The molecular formula is C38H47FN6. The lowest BCUT2D eigenvalue weighted by molar-refractivity contribution is 0.231. The number of pyridine rings is 1. The smallest absolute Gasteiger partial charge is 0.175 e. The van der Waals surface area contributed by atoms with Gasteiger partial charge in [-0.15, -0.1) is 0 Å². The molecule has 3 aromatic rings. The van der Waals surface area contributed by atoms with Crippen LogP contribution in [0.3, 0.4) is 0 Å². The molecule has 8 rings (SSSR count). The maximum absolute atomic E-state index is 16.3. The third-order valence-corrected chi connectivity index (χ3v) is 10.9. The molecule has 0 amide bonds. The lowest BCUT2D eigenvalue weighted by atomic mass is 9.78. The van der Waals surface area contributed by atoms with Gasteiger partial charge in [0.15, 0.2) is 5.82 Å². The van der Waals surface area contributed by atoms with Crippen LogP contribution in [0.2, 0.25) is 0 Å². The third kappa shape index (κ3) is 6.11. The summed E-state index contributed by atoms with van der Waals surface area (Å²) < 4.78 is 16.3. The Labute approximate surface area is 267 Å². The molecule has 0 spiro atoms. The van der Waals surface area contributed by atoms with Crippen molar-refractivity contribution in [2.45, 2.75) is 91.4 Å². The molecule has 2 aliphatic heterocycles. The van der Waals surface area contributed by atoms with E-state index in [9.17, 15) is 5.26 Å². The Kier molecular flexibility index (Phi) is 8.61. The maximum atomic E-state index is 16.3. The minimum absolute atomic E-state index is 0.300. The van der Waals surface area contributed by atoms with Crippen molar-refractivity contribution in [3.8, 4) is 17.3 Å². The van der Waals surface area contributed by atoms with Gasteiger partial charge in [0.1, 0.15) is 22.9 Å². The number of allylic oxidation sites excluding steroid dienone is 2. The number of piperidine rings is 1. The highest BCUT2D eigenvalue weighted by molar-refractivity contribution is 5.96. The van der Waals surface area contributed by atoms with Gasteiger partial charge in [0, 0.05) is 37.8 Å². The summed E-state index contributed by atoms with van der Waals surface area (Å²) in [5, 5.41) is 10.3. The molecule has 45 heavy (non-hydrogen) atoms. The van der Waals surface area contributed by atoms with E-state index in [0.29, 0.717) is 46.2 Å². The molecule has 3 aliphatic carbocycles. The summed E-state index contributed by atoms with van der Waals surface area (Å²) in [4.78, 5) is 19.2. The molecule has 2 bridgehead atoms. The average molecular weight is 607 g/mol. The van der Waals surface area contributed by atoms with Crippen molar-refractivity contribution >= 4 is 22.3 Å². The predicted molar refractivity (Wildman–Crippen MR) is 179 cm³/mol. The zero-order valence-electron chi connectivity index (χ0n) is 27.3. The first-order chi connectivity index (χ1) is 21.9. The highest BCUT2D eigenvalue weighted by atomic mass is 19.1. The second-order valence-corrected chi connectivity index (χ2v) is 14.3. The number of halogens is 1. The summed E-state index contributed by atoms with van der Waals surface area (Å²) in [6.45, 7) is 12.6. The van der Waals surface area contributed by atoms with Gasteiger partial charge in [0.2, 0.25) is 0 Å². The van der Waals surface area contributed by atoms with Gasteiger partial charge in [0.05, 0.1) is 17.0 Å². The topological polar surface area (TPSA) is 68.9 Å². The van der Waals surface area contributed by atoms with Gasteiger partial charge in [-0.05, 0) is 111 Å². The lowest BCUT2D eigenvalue weighted by Gasteiger charge is -2.42. The van der Waals surface area contributed by atoms with Crippen LogP contribution in [-0.2, 0) is 12.8 Å². The van der Waals surface area contributed by atoms with E-state index in [4.69, 9.17) is 4.98 Å². The van der Waals surface area contributed by atoms with Crippen molar-refractivity contribution in [1.82, 2.24) is 19.9 Å². The molecule has 236 valence electrons. The van der Waals surface area contributed by atoms with Crippen LogP contribution >= 0.6 is 0 Å². The van der Waals surface area contributed by atoms with Crippen molar-refractivity contribution < 1.29 is 4.39 Å². The number of nitrogens with zero attached hydrogens (tertiary/aromatic N) is 6. The molecule has 4 heterocycles. The molecule has 3 fully saturated rings. The summed E-state index contributed by atoms with van der Waals surface area (Å²) >= 11 is 0. The summed E-state index contributed by atoms with van der Waals surface area (Å²) in [5.41, 5.74) is 6.93. The maximum Gasteiger partial charge on any atom is 0.175 e. The Hall–Kier alpha value is -3.37. The van der Waals surface area contributed by atoms with Gasteiger partial charge in [-0.3, -0.25) is 4.98 Å². The molecule has 1 saturated carbocycles. The van der Waals surface area contributed by atoms with Crippen LogP contribution in [0, 0.1) is 34.9 Å². The molecule has 2 aromatic heterocycles. The zero-order valence-corrected chi connectivity index (χ0v) is 27.3. The Bertz CT molecular complexity index is 1650. The Morgan fingerprint density at radius 1 is 1.04 bits per heavy atom. The van der Waals surface area contributed by atoms with E-state index in [-0.39, 0.29) is 0 Å². The molecular weight excluding hydrogens is 559 g/mol. The zero-order chi connectivity index (χ0) is 31.1. The van der Waals surface area contributed by atoms with Gasteiger partial charge in [-0.2, -0.15) is 5.26 Å². The van der Waals surface area contributed by atoms with Crippen LogP contribution in [0.15, 0.2) is 23.9 Å². The van der Waals surface area contributed by atoms with Gasteiger partial charge in [-0.1, -0.05) is 39.2 Å². The molecule has 7 heteroatoms. The SMILES string of the molecule is CCC(C)CN1CCCC1.CCc1nc(N2CC3CCCC(C3)C2)c2cnc(-c3cc(C#N)cc4c3C3=C(CC4)C3)c(F)c2n1. The number of benzene rings is 1. The summed E-state index contributed by atoms with van der Waals surface area (Å²) in [5.74, 6) is 3.38. The molecule has 1 aromatic carbocycles. The Morgan fingerprint density at radius 3 is 2.53 bits per heavy atom. The standard InChI is InChI=1S/C29H28FN5.C9H19N/c1-2-24-33-28-23(29(34-24)35-14-16-4-3-5-17(8-16)15-35)13-32-27(26(28)30)22-10-18(12-31)9-20-7-6-19-11-21(19)25(20)22;1-3-9(2)8-10-6-4-5-7-10/h9-10,13,16-17H,2-8,11,14-15H2,1H3;9H,3-8H2,1-2H3. The van der Waals surface area contributed by atoms with Gasteiger partial charge in [0.25, 0.3) is 0 Å². The van der Waals surface area contributed by atoms with E-state index >= 15 is 4.39 Å². The molecule has 6 nitrogen and oxygen atoms in total. The minimum Gasteiger partial charge on any atom is -0.355 e. The first kappa shape index (κ1) is 30.3. The average Bonchev–Trinajstić information content (AvgIpc) is 3.69. The Balaban J connectivity index is 0.000000280. The summed E-state index contributed by atoms with van der Waals surface area (Å²) in [6.07, 6.45) is 14.7. The van der Waals surface area contributed by atoms with Crippen LogP contribution in [0.5, 0.6) is 0 Å². The fourth-order valence-corrected chi connectivity index (χ4v) is 8.28. The van der Waals surface area contributed by atoms with E-state index in [2.05, 4.69) is 39.7 Å². The van der Waals surface area contributed by atoms with Crippen molar-refractivity contribution in [1.29, 1.82) is 5.26 Å². The number of aryl methyl sites for hydroxylation is 2. The van der Waals surface area contributed by atoms with E-state index in [1.54, 1.807) is 12.3 Å². The molecule has 3 unspecified atom stereocenters. The largest absolute Gasteiger partial charge is 0.355 e. The number of fused-ring (bicyclic) bond motifs is 5. The van der Waals surface area contributed by atoms with Crippen LogP contribution in [0.4, 0.5) is 10.2 Å². The highest BCUT2D eigenvalue weighted by Gasteiger charge is 2.35. The monoisotopic (exact) mass is 606 g/mol. The van der Waals surface area contributed by atoms with Gasteiger partial charge < -0.3 is 9.80 Å². The first-order valence-electron chi connectivity index (χ1n) is 17.6. The molecule has 2 saturated heterocycles. The second kappa shape index (κ2) is 12.8. The van der Waals surface area contributed by atoms with Crippen molar-refractivity contribution in [3.05, 3.63) is 52.2 Å². The molecule has 3 atom stereocenters. The number of likely N-dealkylation sites (tertiary alicyclic amines) is 1. The van der Waals surface area contributed by atoms with Crippen LogP contribution < -0.4 is 4.90 Å². The first-order valence-corrected chi connectivity index (χ1v) is 17.6. The number of anilines is 1. The quantitative estimate of drug-likeness (QED) is 0.282. The summed E-state index contributed by atoms with van der Waals surface area (Å²) in [7, 11) is 0. The lowest BCUT2D eigenvalue weighted by Crippen LogP contribution is -2.43. The fourth-order valence-electron chi connectivity index (χ4n) is 8.28. The number of nitriles is 1. The second-order valence-electron chi connectivity index (χ2n) is 14.3. The predicted octanol–water partition coefficient (Wildman–Crippen LogP) is 8.12. The number of hydrogen-bond acceptors (Lipinski definition) is 6. The fraction of sp³-hybridized carbons (Fsp3) is 0.579. The van der Waals surface area contributed by atoms with Crippen molar-refractivity contribution in [3.63, 3.8) is 0 Å². The molecule has 0 N–H and O–H groups in total. The number of rotatable bonds is 6. The highest BCUT2D eigenvalue weighted by Crippen LogP contribution is 2.51. The van der Waals surface area contributed by atoms with Gasteiger partial charge >= 0.3 is 0 Å². The van der Waals surface area contributed by atoms with E-state index in [0.717, 1.165) is 60.8 Å². The van der Waals surface area contributed by atoms with Crippen LogP contribution in [0.25, 0.3) is 27.7 Å². The van der Waals surface area contributed by atoms with Crippen LogP contribution in [0.1, 0.15) is 101 Å². The molecule has 0 radical (unpaired) electrons. The van der Waals surface area contributed by atoms with E-state index in [1.807, 2.05) is 13.0 Å². The van der Waals surface area contributed by atoms with Crippen molar-refractivity contribution in [2.75, 3.05) is 37.6 Å². The normalized spacial score (nSPS) is 22.8. The molecule has 5 aliphatic rings.